The lowest BCUT2D eigenvalue weighted by molar-refractivity contribution is 0.403. The maximum absolute atomic E-state index is 14.1. The second-order valence-electron chi connectivity index (χ2n) is 4.63. The number of hydrogen-bond donors (Lipinski definition) is 1. The van der Waals surface area contributed by atoms with E-state index >= 15 is 0 Å². The van der Waals surface area contributed by atoms with E-state index in [9.17, 15) is 8.78 Å². The molecule has 0 aliphatic rings. The number of ether oxygens (including phenoxy) is 1. The van der Waals surface area contributed by atoms with Crippen molar-refractivity contribution in [2.24, 2.45) is 0 Å². The third-order valence-corrected chi connectivity index (χ3v) is 3.25. The molecule has 106 valence electrons. The van der Waals surface area contributed by atoms with Gasteiger partial charge in [0, 0.05) is 11.1 Å². The first-order valence-electron chi connectivity index (χ1n) is 6.33. The molecule has 2 rings (SSSR count). The molecule has 4 heteroatoms. The fourth-order valence-corrected chi connectivity index (χ4v) is 2.29. The van der Waals surface area contributed by atoms with Gasteiger partial charge in [-0.3, -0.25) is 0 Å². The number of aryl methyl sites for hydroxylation is 1. The van der Waals surface area contributed by atoms with Crippen molar-refractivity contribution in [1.82, 2.24) is 5.32 Å². The van der Waals surface area contributed by atoms with E-state index in [1.54, 1.807) is 25.2 Å². The highest BCUT2D eigenvalue weighted by molar-refractivity contribution is 5.43. The van der Waals surface area contributed by atoms with Crippen LogP contribution in [0.15, 0.2) is 36.4 Å². The van der Waals surface area contributed by atoms with Crippen LogP contribution in [-0.4, -0.2) is 14.2 Å². The van der Waals surface area contributed by atoms with Crippen LogP contribution in [0.25, 0.3) is 0 Å². The first-order valence-corrected chi connectivity index (χ1v) is 6.33. The molecule has 0 fully saturated rings. The van der Waals surface area contributed by atoms with E-state index in [0.717, 1.165) is 5.56 Å². The Morgan fingerprint density at radius 3 is 2.45 bits per heavy atom. The van der Waals surface area contributed by atoms with Gasteiger partial charge in [-0.15, -0.1) is 0 Å². The molecular formula is C16H17F2NO. The summed E-state index contributed by atoms with van der Waals surface area (Å²) in [4.78, 5) is 0. The van der Waals surface area contributed by atoms with Crippen molar-refractivity contribution in [3.05, 3.63) is 64.7 Å². The SMILES string of the molecule is CNC(c1cc(C)ccc1F)c1cc(F)ccc1OC. The number of rotatable bonds is 4. The monoisotopic (exact) mass is 277 g/mol. The van der Waals surface area contributed by atoms with Crippen LogP contribution in [0.4, 0.5) is 8.78 Å². The molecule has 2 nitrogen and oxygen atoms in total. The van der Waals surface area contributed by atoms with Crippen molar-refractivity contribution in [2.45, 2.75) is 13.0 Å². The van der Waals surface area contributed by atoms with Gasteiger partial charge < -0.3 is 10.1 Å². The molecule has 1 N–H and O–H groups in total. The maximum atomic E-state index is 14.1. The molecule has 0 radical (unpaired) electrons. The van der Waals surface area contributed by atoms with E-state index in [4.69, 9.17) is 4.74 Å². The molecule has 20 heavy (non-hydrogen) atoms. The number of hydrogen-bond acceptors (Lipinski definition) is 2. The molecule has 0 aliphatic heterocycles. The fourth-order valence-electron chi connectivity index (χ4n) is 2.29. The van der Waals surface area contributed by atoms with Crippen molar-refractivity contribution < 1.29 is 13.5 Å². The zero-order chi connectivity index (χ0) is 14.7. The van der Waals surface area contributed by atoms with Crippen LogP contribution in [0.2, 0.25) is 0 Å². The average molecular weight is 277 g/mol. The predicted octanol–water partition coefficient (Wildman–Crippen LogP) is 3.59. The summed E-state index contributed by atoms with van der Waals surface area (Å²) in [6.45, 7) is 1.89. The Hall–Kier alpha value is -1.94. The molecule has 0 heterocycles. The first kappa shape index (κ1) is 14.5. The topological polar surface area (TPSA) is 21.3 Å². The highest BCUT2D eigenvalue weighted by Gasteiger charge is 2.20. The number of nitrogens with one attached hydrogen (secondary N) is 1. The molecule has 2 aromatic carbocycles. The van der Waals surface area contributed by atoms with Gasteiger partial charge in [-0.2, -0.15) is 0 Å². The van der Waals surface area contributed by atoms with Crippen molar-refractivity contribution in [3.8, 4) is 5.75 Å². The smallest absolute Gasteiger partial charge is 0.128 e. The van der Waals surface area contributed by atoms with Crippen LogP contribution in [0.5, 0.6) is 5.75 Å². The normalized spacial score (nSPS) is 12.2. The van der Waals surface area contributed by atoms with Gasteiger partial charge >= 0.3 is 0 Å². The largest absolute Gasteiger partial charge is 0.496 e. The van der Waals surface area contributed by atoms with Crippen LogP contribution in [0.1, 0.15) is 22.7 Å². The quantitative estimate of drug-likeness (QED) is 0.922. The Morgan fingerprint density at radius 2 is 1.80 bits per heavy atom. The summed E-state index contributed by atoms with van der Waals surface area (Å²) in [5.74, 6) is -0.193. The summed E-state index contributed by atoms with van der Waals surface area (Å²) < 4.78 is 32.8. The van der Waals surface area contributed by atoms with Gasteiger partial charge in [0.05, 0.1) is 13.2 Å². The standard InChI is InChI=1S/C16H17F2NO/c1-10-4-6-14(18)12(8-10)16(19-2)13-9-11(17)5-7-15(13)20-3/h4-9,16,19H,1-3H3. The molecule has 0 aliphatic carbocycles. The summed E-state index contributed by atoms with van der Waals surface area (Å²) >= 11 is 0. The third-order valence-electron chi connectivity index (χ3n) is 3.25. The van der Waals surface area contributed by atoms with Gasteiger partial charge in [0.15, 0.2) is 0 Å². The Bertz CT molecular complexity index is 613. The lowest BCUT2D eigenvalue weighted by Gasteiger charge is -2.21. The summed E-state index contributed by atoms with van der Waals surface area (Å²) in [7, 11) is 3.22. The van der Waals surface area contributed by atoms with Crippen LogP contribution >= 0.6 is 0 Å². The number of halogens is 2. The van der Waals surface area contributed by atoms with E-state index in [-0.39, 0.29) is 11.6 Å². The summed E-state index contributed by atoms with van der Waals surface area (Å²) in [6, 6.07) is 8.63. The van der Waals surface area contributed by atoms with Gasteiger partial charge in [-0.1, -0.05) is 17.7 Å². The van der Waals surface area contributed by atoms with Crippen LogP contribution < -0.4 is 10.1 Å². The Morgan fingerprint density at radius 1 is 1.05 bits per heavy atom. The molecule has 0 aromatic heterocycles. The number of benzene rings is 2. The molecule has 0 saturated carbocycles. The van der Waals surface area contributed by atoms with Crippen molar-refractivity contribution in [3.63, 3.8) is 0 Å². The lowest BCUT2D eigenvalue weighted by Crippen LogP contribution is -2.20. The van der Waals surface area contributed by atoms with E-state index in [2.05, 4.69) is 5.32 Å². The Kier molecular flexibility index (Phi) is 4.35. The Labute approximate surface area is 117 Å². The molecule has 0 amide bonds. The zero-order valence-electron chi connectivity index (χ0n) is 11.7. The Balaban J connectivity index is 2.57. The van der Waals surface area contributed by atoms with E-state index in [1.807, 2.05) is 6.92 Å². The maximum Gasteiger partial charge on any atom is 0.128 e. The van der Waals surface area contributed by atoms with Crippen LogP contribution in [0.3, 0.4) is 0 Å². The highest BCUT2D eigenvalue weighted by atomic mass is 19.1. The third kappa shape index (κ3) is 2.80. The number of methoxy groups -OCH3 is 1. The minimum Gasteiger partial charge on any atom is -0.496 e. The van der Waals surface area contributed by atoms with Crippen molar-refractivity contribution >= 4 is 0 Å². The molecule has 1 unspecified atom stereocenters. The average Bonchev–Trinajstić information content (AvgIpc) is 2.44. The van der Waals surface area contributed by atoms with Crippen molar-refractivity contribution in [2.75, 3.05) is 14.2 Å². The fraction of sp³-hybridized carbons (Fsp3) is 0.250. The van der Waals surface area contributed by atoms with Gasteiger partial charge in [0.1, 0.15) is 17.4 Å². The van der Waals surface area contributed by atoms with Crippen LogP contribution in [-0.2, 0) is 0 Å². The lowest BCUT2D eigenvalue weighted by atomic mass is 9.96. The minimum absolute atomic E-state index is 0.332. The van der Waals surface area contributed by atoms with E-state index in [0.29, 0.717) is 16.9 Å². The second-order valence-corrected chi connectivity index (χ2v) is 4.63. The van der Waals surface area contributed by atoms with Gasteiger partial charge in [-0.25, -0.2) is 8.78 Å². The predicted molar refractivity (Wildman–Crippen MR) is 75.0 cm³/mol. The summed E-state index contributed by atoms with van der Waals surface area (Å²) in [6.07, 6.45) is 0. The van der Waals surface area contributed by atoms with Crippen molar-refractivity contribution in [1.29, 1.82) is 0 Å². The van der Waals surface area contributed by atoms with Crippen LogP contribution in [0, 0.1) is 18.6 Å². The molecular weight excluding hydrogens is 260 g/mol. The minimum atomic E-state index is -0.472. The first-order chi connectivity index (χ1) is 9.56. The summed E-state index contributed by atoms with van der Waals surface area (Å²) in [5.41, 5.74) is 1.98. The van der Waals surface area contributed by atoms with Gasteiger partial charge in [0.2, 0.25) is 0 Å². The summed E-state index contributed by atoms with van der Waals surface area (Å²) in [5, 5.41) is 3.02. The van der Waals surface area contributed by atoms with E-state index in [1.165, 1.54) is 25.3 Å². The molecule has 1 atom stereocenters. The molecule has 0 bridgehead atoms. The van der Waals surface area contributed by atoms with Gasteiger partial charge in [-0.05, 0) is 38.2 Å². The molecule has 0 saturated heterocycles. The second kappa shape index (κ2) is 6.01. The van der Waals surface area contributed by atoms with E-state index < -0.39 is 6.04 Å². The molecule has 0 spiro atoms. The molecule has 2 aromatic rings. The van der Waals surface area contributed by atoms with Gasteiger partial charge in [0.25, 0.3) is 0 Å². The zero-order valence-corrected chi connectivity index (χ0v) is 11.7. The highest BCUT2D eigenvalue weighted by Crippen LogP contribution is 2.32.